The predicted molar refractivity (Wildman–Crippen MR) is 86.4 cm³/mol. The van der Waals surface area contributed by atoms with Crippen LogP contribution in [0.5, 0.6) is 0 Å². The molecular formula is C18H28N2. The molecule has 1 aromatic rings. The molecule has 0 spiro atoms. The Kier molecular flexibility index (Phi) is 4.62. The molecule has 2 heteroatoms. The van der Waals surface area contributed by atoms with Gasteiger partial charge in [-0.15, -0.1) is 0 Å². The van der Waals surface area contributed by atoms with Crippen molar-refractivity contribution >= 4 is 5.69 Å². The van der Waals surface area contributed by atoms with Crippen molar-refractivity contribution in [1.82, 2.24) is 5.32 Å². The molecule has 0 aromatic heterocycles. The van der Waals surface area contributed by atoms with Gasteiger partial charge in [0.1, 0.15) is 0 Å². The standard InChI is InChI=1S/C18H28N2/c1-15-7-2-4-9-17(15)19-12-6-13-20-14-11-16-8-3-5-10-18(16)20/h3,5,8,10,15,17,19H,2,4,6-7,9,11-14H2,1H3. The van der Waals surface area contributed by atoms with Gasteiger partial charge in [-0.05, 0) is 49.8 Å². The second kappa shape index (κ2) is 6.62. The van der Waals surface area contributed by atoms with Crippen molar-refractivity contribution in [1.29, 1.82) is 0 Å². The fraction of sp³-hybridized carbons (Fsp3) is 0.667. The van der Waals surface area contributed by atoms with Crippen molar-refractivity contribution in [3.63, 3.8) is 0 Å². The third-order valence-electron chi connectivity index (χ3n) is 5.11. The van der Waals surface area contributed by atoms with E-state index in [1.165, 1.54) is 69.4 Å². The van der Waals surface area contributed by atoms with Crippen LogP contribution in [0.2, 0.25) is 0 Å². The van der Waals surface area contributed by atoms with Gasteiger partial charge in [0, 0.05) is 24.8 Å². The SMILES string of the molecule is CC1CCCCC1NCCCN1CCc2ccccc21. The number of benzene rings is 1. The zero-order chi connectivity index (χ0) is 13.8. The summed E-state index contributed by atoms with van der Waals surface area (Å²) in [5.74, 6) is 0.872. The van der Waals surface area contributed by atoms with E-state index < -0.39 is 0 Å². The van der Waals surface area contributed by atoms with E-state index in [1.54, 1.807) is 0 Å². The molecule has 20 heavy (non-hydrogen) atoms. The summed E-state index contributed by atoms with van der Waals surface area (Å²) in [5, 5.41) is 3.79. The average Bonchev–Trinajstić information content (AvgIpc) is 2.89. The third-order valence-corrected chi connectivity index (χ3v) is 5.11. The average molecular weight is 272 g/mol. The molecule has 1 N–H and O–H groups in total. The summed E-state index contributed by atoms with van der Waals surface area (Å²) >= 11 is 0. The smallest absolute Gasteiger partial charge is 0.0399 e. The lowest BCUT2D eigenvalue weighted by Crippen LogP contribution is -2.38. The van der Waals surface area contributed by atoms with Crippen molar-refractivity contribution in [3.05, 3.63) is 29.8 Å². The lowest BCUT2D eigenvalue weighted by Gasteiger charge is -2.30. The van der Waals surface area contributed by atoms with E-state index in [0.717, 1.165) is 12.0 Å². The van der Waals surface area contributed by atoms with Gasteiger partial charge in [0.15, 0.2) is 0 Å². The third kappa shape index (κ3) is 3.17. The number of nitrogens with zero attached hydrogens (tertiary/aromatic N) is 1. The molecule has 2 aliphatic rings. The number of nitrogens with one attached hydrogen (secondary N) is 1. The first-order valence-electron chi connectivity index (χ1n) is 8.41. The number of para-hydroxylation sites is 1. The van der Waals surface area contributed by atoms with Gasteiger partial charge in [0.05, 0.1) is 0 Å². The summed E-state index contributed by atoms with van der Waals surface area (Å²) in [6.45, 7) is 5.99. The van der Waals surface area contributed by atoms with Gasteiger partial charge in [-0.3, -0.25) is 0 Å². The maximum absolute atomic E-state index is 3.79. The Hall–Kier alpha value is -1.02. The Bertz CT molecular complexity index is 429. The second-order valence-corrected chi connectivity index (χ2v) is 6.54. The zero-order valence-corrected chi connectivity index (χ0v) is 12.8. The van der Waals surface area contributed by atoms with E-state index in [9.17, 15) is 0 Å². The van der Waals surface area contributed by atoms with Crippen LogP contribution < -0.4 is 10.2 Å². The molecule has 3 rings (SSSR count). The predicted octanol–water partition coefficient (Wildman–Crippen LogP) is 3.61. The summed E-state index contributed by atoms with van der Waals surface area (Å²) in [6.07, 6.45) is 8.14. The van der Waals surface area contributed by atoms with Crippen molar-refractivity contribution in [3.8, 4) is 0 Å². The summed E-state index contributed by atoms with van der Waals surface area (Å²) in [4.78, 5) is 2.56. The van der Waals surface area contributed by atoms with Gasteiger partial charge in [0.2, 0.25) is 0 Å². The molecule has 2 atom stereocenters. The highest BCUT2D eigenvalue weighted by atomic mass is 15.1. The Morgan fingerprint density at radius 1 is 1.20 bits per heavy atom. The molecule has 0 saturated heterocycles. The fourth-order valence-corrected chi connectivity index (χ4v) is 3.82. The highest BCUT2D eigenvalue weighted by Crippen LogP contribution is 2.27. The first-order chi connectivity index (χ1) is 9.84. The maximum atomic E-state index is 3.79. The molecule has 1 aliphatic carbocycles. The monoisotopic (exact) mass is 272 g/mol. The van der Waals surface area contributed by atoms with E-state index in [4.69, 9.17) is 0 Å². The molecule has 1 fully saturated rings. The number of fused-ring (bicyclic) bond motifs is 1. The highest BCUT2D eigenvalue weighted by Gasteiger charge is 2.21. The number of anilines is 1. The summed E-state index contributed by atoms with van der Waals surface area (Å²) < 4.78 is 0. The largest absolute Gasteiger partial charge is 0.371 e. The van der Waals surface area contributed by atoms with E-state index in [0.29, 0.717) is 0 Å². The van der Waals surface area contributed by atoms with Gasteiger partial charge >= 0.3 is 0 Å². The summed E-state index contributed by atoms with van der Waals surface area (Å²) in [5.41, 5.74) is 3.00. The van der Waals surface area contributed by atoms with Crippen LogP contribution in [0.15, 0.2) is 24.3 Å². The van der Waals surface area contributed by atoms with E-state index in [1.807, 2.05) is 0 Å². The fourth-order valence-electron chi connectivity index (χ4n) is 3.82. The molecule has 1 aliphatic heterocycles. The van der Waals surface area contributed by atoms with Gasteiger partial charge in [-0.1, -0.05) is 38.0 Å². The van der Waals surface area contributed by atoms with Crippen LogP contribution in [0, 0.1) is 5.92 Å². The first kappa shape index (κ1) is 13.9. The zero-order valence-electron chi connectivity index (χ0n) is 12.8. The summed E-state index contributed by atoms with van der Waals surface area (Å²) in [6, 6.07) is 9.65. The van der Waals surface area contributed by atoms with Crippen LogP contribution in [0.25, 0.3) is 0 Å². The lowest BCUT2D eigenvalue weighted by molar-refractivity contribution is 0.281. The molecule has 1 saturated carbocycles. The number of hydrogen-bond acceptors (Lipinski definition) is 2. The Morgan fingerprint density at radius 2 is 2.05 bits per heavy atom. The molecule has 1 aromatic carbocycles. The first-order valence-corrected chi connectivity index (χ1v) is 8.41. The van der Waals surface area contributed by atoms with Gasteiger partial charge < -0.3 is 10.2 Å². The molecular weight excluding hydrogens is 244 g/mol. The van der Waals surface area contributed by atoms with E-state index >= 15 is 0 Å². The van der Waals surface area contributed by atoms with Gasteiger partial charge in [0.25, 0.3) is 0 Å². The minimum absolute atomic E-state index is 0.773. The van der Waals surface area contributed by atoms with Crippen molar-refractivity contribution < 1.29 is 0 Å². The normalized spacial score (nSPS) is 25.8. The second-order valence-electron chi connectivity index (χ2n) is 6.54. The maximum Gasteiger partial charge on any atom is 0.0399 e. The Labute approximate surface area is 123 Å². The quantitative estimate of drug-likeness (QED) is 0.824. The summed E-state index contributed by atoms with van der Waals surface area (Å²) in [7, 11) is 0. The van der Waals surface area contributed by atoms with Crippen molar-refractivity contribution in [2.75, 3.05) is 24.5 Å². The minimum atomic E-state index is 0.773. The van der Waals surface area contributed by atoms with Crippen LogP contribution in [0.3, 0.4) is 0 Å². The van der Waals surface area contributed by atoms with E-state index in [2.05, 4.69) is 41.4 Å². The Morgan fingerprint density at radius 3 is 2.95 bits per heavy atom. The van der Waals surface area contributed by atoms with Crippen LogP contribution in [0.4, 0.5) is 5.69 Å². The molecule has 110 valence electrons. The molecule has 0 bridgehead atoms. The molecule has 1 heterocycles. The minimum Gasteiger partial charge on any atom is -0.371 e. The molecule has 2 nitrogen and oxygen atoms in total. The topological polar surface area (TPSA) is 15.3 Å². The number of hydrogen-bond donors (Lipinski definition) is 1. The highest BCUT2D eigenvalue weighted by molar-refractivity contribution is 5.57. The Balaban J connectivity index is 1.40. The van der Waals surface area contributed by atoms with Gasteiger partial charge in [-0.2, -0.15) is 0 Å². The van der Waals surface area contributed by atoms with Gasteiger partial charge in [-0.25, -0.2) is 0 Å². The van der Waals surface area contributed by atoms with Crippen LogP contribution in [-0.4, -0.2) is 25.7 Å². The molecule has 0 amide bonds. The molecule has 0 radical (unpaired) electrons. The van der Waals surface area contributed by atoms with Crippen molar-refractivity contribution in [2.24, 2.45) is 5.92 Å². The van der Waals surface area contributed by atoms with Crippen molar-refractivity contribution in [2.45, 2.75) is 51.5 Å². The van der Waals surface area contributed by atoms with Crippen LogP contribution in [0.1, 0.15) is 44.6 Å². The van der Waals surface area contributed by atoms with Crippen LogP contribution in [-0.2, 0) is 6.42 Å². The lowest BCUT2D eigenvalue weighted by atomic mass is 9.86. The van der Waals surface area contributed by atoms with Crippen LogP contribution >= 0.6 is 0 Å². The molecule has 2 unspecified atom stereocenters. The number of rotatable bonds is 5. The van der Waals surface area contributed by atoms with E-state index in [-0.39, 0.29) is 0 Å².